The van der Waals surface area contributed by atoms with E-state index >= 15 is 0 Å². The van der Waals surface area contributed by atoms with Gasteiger partial charge in [-0.3, -0.25) is 19.7 Å². The maximum absolute atomic E-state index is 12.6. The number of carbonyl (C=O) groups excluding carboxylic acids is 3. The number of ether oxygens (including phenoxy) is 1. The molecule has 4 heterocycles. The van der Waals surface area contributed by atoms with Crippen molar-refractivity contribution in [1.29, 1.82) is 0 Å². The van der Waals surface area contributed by atoms with Crippen LogP contribution in [-0.4, -0.2) is 57.8 Å². The molecule has 36 heavy (non-hydrogen) atoms. The van der Waals surface area contributed by atoms with Crippen LogP contribution in [0.5, 0.6) is 5.75 Å². The number of aromatic nitrogens is 2. The minimum atomic E-state index is -0.569. The lowest BCUT2D eigenvalue weighted by Gasteiger charge is -2.29. The SMILES string of the molecule is Fc1cnc(C2CNC2)nc1.O=C1CCC(N2Cc3cc(OC4CCCCC4)ccc3C2=O)C(=O)N1. The van der Waals surface area contributed by atoms with Gasteiger partial charge in [-0.2, -0.15) is 0 Å². The molecule has 1 atom stereocenters. The normalized spacial score (nSPS) is 22.3. The Morgan fingerprint density at radius 1 is 1.00 bits per heavy atom. The van der Waals surface area contributed by atoms with E-state index in [1.165, 1.54) is 31.7 Å². The maximum Gasteiger partial charge on any atom is 0.255 e. The van der Waals surface area contributed by atoms with Crippen LogP contribution in [0.1, 0.15) is 72.6 Å². The van der Waals surface area contributed by atoms with E-state index in [-0.39, 0.29) is 36.1 Å². The lowest BCUT2D eigenvalue weighted by molar-refractivity contribution is -0.136. The Morgan fingerprint density at radius 2 is 1.75 bits per heavy atom. The van der Waals surface area contributed by atoms with E-state index in [9.17, 15) is 18.8 Å². The average molecular weight is 496 g/mol. The minimum absolute atomic E-state index is 0.145. The second-order valence-corrected chi connectivity index (χ2v) is 9.71. The van der Waals surface area contributed by atoms with Crippen LogP contribution in [0, 0.1) is 5.82 Å². The molecule has 6 rings (SSSR count). The summed E-state index contributed by atoms with van der Waals surface area (Å²) in [5.41, 5.74) is 1.52. The zero-order valence-electron chi connectivity index (χ0n) is 20.0. The van der Waals surface area contributed by atoms with Crippen molar-refractivity contribution in [2.24, 2.45) is 0 Å². The Kier molecular flexibility index (Phi) is 7.22. The van der Waals surface area contributed by atoms with Gasteiger partial charge in [0.15, 0.2) is 5.82 Å². The van der Waals surface area contributed by atoms with E-state index in [4.69, 9.17) is 4.74 Å². The standard InChI is InChI=1S/C19H22N2O4.C7H8FN3/c22-17-9-8-16(18(23)20-17)21-11-12-10-14(6-7-15(12)19(21)24)25-13-4-2-1-3-5-13;8-6-3-10-7(11-4-6)5-1-9-2-5/h6-7,10,13,16H,1-5,8-9,11H2,(H,20,22,23);3-5,9H,1-2H2. The third kappa shape index (κ3) is 5.38. The monoisotopic (exact) mass is 495 g/mol. The first-order valence-corrected chi connectivity index (χ1v) is 12.6. The highest BCUT2D eigenvalue weighted by Crippen LogP contribution is 2.31. The summed E-state index contributed by atoms with van der Waals surface area (Å²) in [5.74, 6) is 0.753. The Balaban J connectivity index is 0.000000202. The number of carbonyl (C=O) groups is 3. The van der Waals surface area contributed by atoms with Gasteiger partial charge in [0.05, 0.1) is 18.5 Å². The number of piperidine rings is 1. The quantitative estimate of drug-likeness (QED) is 0.627. The number of nitrogens with zero attached hydrogens (tertiary/aromatic N) is 3. The highest BCUT2D eigenvalue weighted by Gasteiger charge is 2.39. The highest BCUT2D eigenvalue weighted by molar-refractivity contribution is 6.05. The molecule has 190 valence electrons. The number of imide groups is 1. The third-order valence-electron chi connectivity index (χ3n) is 7.14. The van der Waals surface area contributed by atoms with Gasteiger partial charge in [-0.05, 0) is 55.9 Å². The number of benzene rings is 1. The Hall–Kier alpha value is -3.40. The molecule has 0 bridgehead atoms. The number of fused-ring (bicyclic) bond motifs is 1. The molecule has 1 aromatic heterocycles. The topological polar surface area (TPSA) is 114 Å². The van der Waals surface area contributed by atoms with E-state index in [0.29, 0.717) is 24.4 Å². The first-order chi connectivity index (χ1) is 17.5. The third-order valence-corrected chi connectivity index (χ3v) is 7.14. The van der Waals surface area contributed by atoms with Crippen molar-refractivity contribution in [2.45, 2.75) is 69.6 Å². The van der Waals surface area contributed by atoms with Gasteiger partial charge in [-0.25, -0.2) is 14.4 Å². The molecule has 1 unspecified atom stereocenters. The fraction of sp³-hybridized carbons (Fsp3) is 0.500. The fourth-order valence-corrected chi connectivity index (χ4v) is 5.00. The molecule has 3 amide bonds. The lowest BCUT2D eigenvalue weighted by atomic mass is 9.98. The van der Waals surface area contributed by atoms with Gasteiger partial charge in [-0.1, -0.05) is 6.42 Å². The summed E-state index contributed by atoms with van der Waals surface area (Å²) in [5, 5.41) is 5.42. The Bertz CT molecular complexity index is 1130. The summed E-state index contributed by atoms with van der Waals surface area (Å²) in [4.78, 5) is 45.3. The van der Waals surface area contributed by atoms with E-state index in [2.05, 4.69) is 20.6 Å². The molecule has 0 spiro atoms. The number of halogens is 1. The summed E-state index contributed by atoms with van der Waals surface area (Å²) in [7, 11) is 0. The zero-order chi connectivity index (χ0) is 25.1. The van der Waals surface area contributed by atoms with Crippen LogP contribution in [-0.2, 0) is 16.1 Å². The molecule has 3 aliphatic heterocycles. The molecule has 1 saturated carbocycles. The zero-order valence-corrected chi connectivity index (χ0v) is 20.0. The molecular formula is C26H30FN5O4. The predicted octanol–water partition coefficient (Wildman–Crippen LogP) is 2.46. The van der Waals surface area contributed by atoms with Crippen LogP contribution in [0.4, 0.5) is 4.39 Å². The largest absolute Gasteiger partial charge is 0.490 e. The van der Waals surface area contributed by atoms with Gasteiger partial charge >= 0.3 is 0 Å². The predicted molar refractivity (Wildman–Crippen MR) is 128 cm³/mol. The molecule has 1 aliphatic carbocycles. The first kappa shape index (κ1) is 24.3. The molecule has 2 N–H and O–H groups in total. The highest BCUT2D eigenvalue weighted by atomic mass is 19.1. The van der Waals surface area contributed by atoms with Crippen molar-refractivity contribution in [3.05, 3.63) is 53.4 Å². The van der Waals surface area contributed by atoms with Gasteiger partial charge in [0, 0.05) is 37.5 Å². The van der Waals surface area contributed by atoms with Crippen LogP contribution in [0.2, 0.25) is 0 Å². The van der Waals surface area contributed by atoms with Gasteiger partial charge in [0.25, 0.3) is 5.91 Å². The van der Waals surface area contributed by atoms with Crippen LogP contribution >= 0.6 is 0 Å². The number of hydrogen-bond donors (Lipinski definition) is 2. The Labute approximate surface area is 208 Å². The summed E-state index contributed by atoms with van der Waals surface area (Å²) < 4.78 is 18.4. The molecule has 0 radical (unpaired) electrons. The van der Waals surface area contributed by atoms with E-state index < -0.39 is 6.04 Å². The molecule has 4 aliphatic rings. The number of nitrogens with one attached hydrogen (secondary N) is 2. The second-order valence-electron chi connectivity index (χ2n) is 9.71. The molecule has 9 nitrogen and oxygen atoms in total. The molecule has 1 aromatic carbocycles. The van der Waals surface area contributed by atoms with Crippen molar-refractivity contribution in [3.63, 3.8) is 0 Å². The molecule has 10 heteroatoms. The minimum Gasteiger partial charge on any atom is -0.490 e. The molecular weight excluding hydrogens is 465 g/mol. The van der Waals surface area contributed by atoms with Crippen molar-refractivity contribution < 1.29 is 23.5 Å². The smallest absolute Gasteiger partial charge is 0.255 e. The lowest BCUT2D eigenvalue weighted by Crippen LogP contribution is -2.52. The van der Waals surface area contributed by atoms with Crippen molar-refractivity contribution in [3.8, 4) is 5.75 Å². The Morgan fingerprint density at radius 3 is 2.42 bits per heavy atom. The molecule has 3 fully saturated rings. The van der Waals surface area contributed by atoms with Crippen LogP contribution < -0.4 is 15.4 Å². The van der Waals surface area contributed by atoms with Crippen LogP contribution in [0.15, 0.2) is 30.6 Å². The van der Waals surface area contributed by atoms with Gasteiger partial charge in [-0.15, -0.1) is 0 Å². The summed E-state index contributed by atoms with van der Waals surface area (Å²) in [6, 6.07) is 5.00. The molecule has 2 aromatic rings. The van der Waals surface area contributed by atoms with Gasteiger partial charge < -0.3 is 15.0 Å². The average Bonchev–Trinajstić information content (AvgIpc) is 3.16. The maximum atomic E-state index is 12.6. The van der Waals surface area contributed by atoms with E-state index in [1.54, 1.807) is 11.0 Å². The van der Waals surface area contributed by atoms with Crippen molar-refractivity contribution >= 4 is 17.7 Å². The van der Waals surface area contributed by atoms with Gasteiger partial charge in [0.1, 0.15) is 17.6 Å². The second kappa shape index (κ2) is 10.7. The summed E-state index contributed by atoms with van der Waals surface area (Å²) in [6.45, 7) is 2.21. The first-order valence-electron chi connectivity index (χ1n) is 12.6. The van der Waals surface area contributed by atoms with Gasteiger partial charge in [0.2, 0.25) is 11.8 Å². The summed E-state index contributed by atoms with van der Waals surface area (Å²) >= 11 is 0. The number of hydrogen-bond acceptors (Lipinski definition) is 7. The van der Waals surface area contributed by atoms with Crippen LogP contribution in [0.3, 0.4) is 0 Å². The number of rotatable bonds is 4. The molecule has 2 saturated heterocycles. The van der Waals surface area contributed by atoms with Crippen LogP contribution in [0.25, 0.3) is 0 Å². The van der Waals surface area contributed by atoms with E-state index in [1.807, 2.05) is 12.1 Å². The summed E-state index contributed by atoms with van der Waals surface area (Å²) in [6.07, 6.45) is 9.18. The van der Waals surface area contributed by atoms with Crippen molar-refractivity contribution in [1.82, 2.24) is 25.5 Å². The van der Waals surface area contributed by atoms with Crippen molar-refractivity contribution in [2.75, 3.05) is 13.1 Å². The fourth-order valence-electron chi connectivity index (χ4n) is 5.00. The van der Waals surface area contributed by atoms with E-state index in [0.717, 1.165) is 43.1 Å². The number of amides is 3.